The summed E-state index contributed by atoms with van der Waals surface area (Å²) in [5.74, 6) is 0.0427. The average molecular weight is 353 g/mol. The van der Waals surface area contributed by atoms with Gasteiger partial charge >= 0.3 is 0 Å². The molecular weight excluding hydrogens is 330 g/mol. The van der Waals surface area contributed by atoms with E-state index >= 15 is 0 Å². The molecule has 1 aliphatic rings. The third kappa shape index (κ3) is 3.12. The number of benzene rings is 1. The maximum absolute atomic E-state index is 12.2. The number of primary amides is 1. The first kappa shape index (κ1) is 17.8. The Kier molecular flexibility index (Phi) is 4.63. The van der Waals surface area contributed by atoms with Crippen LogP contribution in [0.3, 0.4) is 0 Å². The molecule has 7 heteroatoms. The van der Waals surface area contributed by atoms with Crippen molar-refractivity contribution in [3.8, 4) is 0 Å². The molecule has 26 heavy (non-hydrogen) atoms. The molecule has 0 radical (unpaired) electrons. The van der Waals surface area contributed by atoms with Crippen molar-refractivity contribution >= 4 is 23.5 Å². The molecule has 2 heterocycles. The van der Waals surface area contributed by atoms with E-state index in [2.05, 4.69) is 22.2 Å². The van der Waals surface area contributed by atoms with Crippen LogP contribution in [0.4, 0.5) is 11.6 Å². The highest BCUT2D eigenvalue weighted by molar-refractivity contribution is 5.97. The first-order valence-corrected chi connectivity index (χ1v) is 8.59. The Morgan fingerprint density at radius 3 is 2.58 bits per heavy atom. The second-order valence-electron chi connectivity index (χ2n) is 6.77. The second kappa shape index (κ2) is 6.74. The lowest BCUT2D eigenvalue weighted by atomic mass is 9.82. The predicted octanol–water partition coefficient (Wildman–Crippen LogP) is 2.43. The quantitative estimate of drug-likeness (QED) is 0.882. The zero-order valence-corrected chi connectivity index (χ0v) is 15.4. The lowest BCUT2D eigenvalue weighted by Crippen LogP contribution is -2.48. The number of amides is 2. The van der Waals surface area contributed by atoms with Gasteiger partial charge in [0.1, 0.15) is 0 Å². The molecule has 0 fully saturated rings. The van der Waals surface area contributed by atoms with Gasteiger partial charge in [0, 0.05) is 42.0 Å². The highest BCUT2D eigenvalue weighted by Crippen LogP contribution is 2.42. The number of carbonyl (C=O) groups is 2. The molecule has 3 N–H and O–H groups in total. The fourth-order valence-corrected chi connectivity index (χ4v) is 3.52. The standard InChI is InChI=1S/C19H23N5O2/c1-10-7-8-21-19(22-10)23-17-11(2)12(3)24(13(4)25)16-6-5-14(18(20)26)9-15(16)17/h5-9,11-12,17H,1-4H3,(H2,20,26)(H,21,22,23). The van der Waals surface area contributed by atoms with Gasteiger partial charge in [-0.25, -0.2) is 9.97 Å². The molecule has 0 aliphatic carbocycles. The monoisotopic (exact) mass is 353 g/mol. The summed E-state index contributed by atoms with van der Waals surface area (Å²) in [6, 6.07) is 6.84. The molecule has 1 aromatic carbocycles. The van der Waals surface area contributed by atoms with Gasteiger partial charge in [-0.05, 0) is 43.7 Å². The molecule has 1 aliphatic heterocycles. The van der Waals surface area contributed by atoms with Gasteiger partial charge in [0.25, 0.3) is 0 Å². The van der Waals surface area contributed by atoms with Crippen LogP contribution in [0.1, 0.15) is 48.4 Å². The lowest BCUT2D eigenvalue weighted by molar-refractivity contribution is -0.117. The fraction of sp³-hybridized carbons (Fsp3) is 0.368. The number of hydrogen-bond donors (Lipinski definition) is 2. The first-order valence-electron chi connectivity index (χ1n) is 8.59. The molecular formula is C19H23N5O2. The number of carbonyl (C=O) groups excluding carboxylic acids is 2. The topological polar surface area (TPSA) is 101 Å². The fourth-order valence-electron chi connectivity index (χ4n) is 3.52. The maximum atomic E-state index is 12.2. The van der Waals surface area contributed by atoms with Crippen molar-refractivity contribution in [1.29, 1.82) is 0 Å². The lowest BCUT2D eigenvalue weighted by Gasteiger charge is -2.43. The molecule has 2 amide bonds. The van der Waals surface area contributed by atoms with Crippen LogP contribution in [-0.2, 0) is 4.79 Å². The van der Waals surface area contributed by atoms with E-state index < -0.39 is 5.91 Å². The summed E-state index contributed by atoms with van der Waals surface area (Å²) in [7, 11) is 0. The smallest absolute Gasteiger partial charge is 0.248 e. The molecule has 136 valence electrons. The van der Waals surface area contributed by atoms with Crippen molar-refractivity contribution in [3.63, 3.8) is 0 Å². The van der Waals surface area contributed by atoms with Crippen LogP contribution in [0.2, 0.25) is 0 Å². The number of nitrogens with one attached hydrogen (secondary N) is 1. The SMILES string of the molecule is CC(=O)N1c2ccc(C(N)=O)cc2C(Nc2nccc(C)n2)C(C)C1C. The highest BCUT2D eigenvalue weighted by atomic mass is 16.2. The van der Waals surface area contributed by atoms with Crippen LogP contribution in [-0.4, -0.2) is 27.8 Å². The molecule has 3 rings (SSSR count). The van der Waals surface area contributed by atoms with E-state index in [0.717, 1.165) is 16.9 Å². The molecule has 0 bridgehead atoms. The van der Waals surface area contributed by atoms with E-state index in [0.29, 0.717) is 11.5 Å². The number of nitrogens with two attached hydrogens (primary N) is 1. The van der Waals surface area contributed by atoms with E-state index in [1.165, 1.54) is 0 Å². The van der Waals surface area contributed by atoms with Crippen LogP contribution in [0.25, 0.3) is 0 Å². The van der Waals surface area contributed by atoms with Crippen molar-refractivity contribution in [3.05, 3.63) is 47.3 Å². The summed E-state index contributed by atoms with van der Waals surface area (Å²) in [5, 5.41) is 3.37. The summed E-state index contributed by atoms with van der Waals surface area (Å²) in [6.07, 6.45) is 1.70. The molecule has 2 aromatic rings. The molecule has 7 nitrogen and oxygen atoms in total. The van der Waals surface area contributed by atoms with Crippen LogP contribution in [0.5, 0.6) is 0 Å². The average Bonchev–Trinajstić information content (AvgIpc) is 2.58. The van der Waals surface area contributed by atoms with Gasteiger partial charge < -0.3 is 16.0 Å². The minimum atomic E-state index is -0.501. The Morgan fingerprint density at radius 2 is 1.96 bits per heavy atom. The summed E-state index contributed by atoms with van der Waals surface area (Å²) < 4.78 is 0. The number of rotatable bonds is 3. The molecule has 0 saturated carbocycles. The summed E-state index contributed by atoms with van der Waals surface area (Å²) in [5.41, 5.74) is 8.34. The van der Waals surface area contributed by atoms with E-state index in [1.807, 2.05) is 19.9 Å². The van der Waals surface area contributed by atoms with Gasteiger partial charge in [0.15, 0.2) is 0 Å². The highest BCUT2D eigenvalue weighted by Gasteiger charge is 2.38. The number of aryl methyl sites for hydroxylation is 1. The van der Waals surface area contributed by atoms with E-state index in [1.54, 1.807) is 36.2 Å². The largest absolute Gasteiger partial charge is 0.366 e. The van der Waals surface area contributed by atoms with Crippen molar-refractivity contribution in [1.82, 2.24) is 9.97 Å². The van der Waals surface area contributed by atoms with Crippen LogP contribution in [0, 0.1) is 12.8 Å². The zero-order chi connectivity index (χ0) is 19.0. The van der Waals surface area contributed by atoms with E-state index in [-0.39, 0.29) is 23.9 Å². The van der Waals surface area contributed by atoms with E-state index in [4.69, 9.17) is 5.73 Å². The minimum absolute atomic E-state index is 0.0262. The molecule has 1 aromatic heterocycles. The van der Waals surface area contributed by atoms with Gasteiger partial charge in [-0.1, -0.05) is 6.92 Å². The first-order chi connectivity index (χ1) is 12.3. The number of nitrogens with zero attached hydrogens (tertiary/aromatic N) is 3. The molecule has 0 saturated heterocycles. The minimum Gasteiger partial charge on any atom is -0.366 e. The Morgan fingerprint density at radius 1 is 1.23 bits per heavy atom. The molecule has 3 atom stereocenters. The van der Waals surface area contributed by atoms with Crippen molar-refractivity contribution in [2.75, 3.05) is 10.2 Å². The van der Waals surface area contributed by atoms with Crippen LogP contribution in [0.15, 0.2) is 30.5 Å². The van der Waals surface area contributed by atoms with Gasteiger partial charge in [0.2, 0.25) is 17.8 Å². The summed E-state index contributed by atoms with van der Waals surface area (Å²) >= 11 is 0. The predicted molar refractivity (Wildman–Crippen MR) is 99.9 cm³/mol. The molecule has 0 spiro atoms. The van der Waals surface area contributed by atoms with E-state index in [9.17, 15) is 9.59 Å². The van der Waals surface area contributed by atoms with Gasteiger partial charge in [-0.2, -0.15) is 0 Å². The number of anilines is 2. The van der Waals surface area contributed by atoms with Crippen LogP contribution < -0.4 is 16.0 Å². The van der Waals surface area contributed by atoms with Gasteiger partial charge in [0.05, 0.1) is 6.04 Å². The van der Waals surface area contributed by atoms with Crippen molar-refractivity contribution in [2.24, 2.45) is 11.7 Å². The zero-order valence-electron chi connectivity index (χ0n) is 15.4. The Balaban J connectivity index is 2.11. The van der Waals surface area contributed by atoms with Crippen molar-refractivity contribution < 1.29 is 9.59 Å². The van der Waals surface area contributed by atoms with Crippen LogP contribution >= 0.6 is 0 Å². The maximum Gasteiger partial charge on any atom is 0.248 e. The third-order valence-electron chi connectivity index (χ3n) is 5.02. The molecule has 3 unspecified atom stereocenters. The summed E-state index contributed by atoms with van der Waals surface area (Å²) in [6.45, 7) is 7.53. The number of fused-ring (bicyclic) bond motifs is 1. The second-order valence-corrected chi connectivity index (χ2v) is 6.77. The normalized spacial score (nSPS) is 21.8. The van der Waals surface area contributed by atoms with Gasteiger partial charge in [-0.15, -0.1) is 0 Å². The van der Waals surface area contributed by atoms with Crippen molar-refractivity contribution in [2.45, 2.75) is 39.8 Å². The third-order valence-corrected chi connectivity index (χ3v) is 5.02. The number of hydrogen-bond acceptors (Lipinski definition) is 5. The Hall–Kier alpha value is -2.96. The summed E-state index contributed by atoms with van der Waals surface area (Å²) in [4.78, 5) is 34.4. The Labute approximate surface area is 152 Å². The Bertz CT molecular complexity index is 867. The van der Waals surface area contributed by atoms with Gasteiger partial charge in [-0.3, -0.25) is 9.59 Å². The number of aromatic nitrogens is 2.